The highest BCUT2D eigenvalue weighted by Gasteiger charge is 2.32. The summed E-state index contributed by atoms with van der Waals surface area (Å²) < 4.78 is 0. The van der Waals surface area contributed by atoms with Crippen LogP contribution >= 0.6 is 0 Å². The molecule has 0 fully saturated rings. The predicted molar refractivity (Wildman–Crippen MR) is 187 cm³/mol. The molecule has 230 valence electrons. The molecule has 0 aromatic rings. The van der Waals surface area contributed by atoms with Crippen LogP contribution in [0.1, 0.15) is 64.7 Å². The minimum absolute atomic E-state index is 0.470. The molecule has 0 amide bonds. The summed E-state index contributed by atoms with van der Waals surface area (Å²) in [7, 11) is 0. The van der Waals surface area contributed by atoms with Crippen LogP contribution < -0.4 is 10.6 Å². The normalized spacial score (nSPS) is 34.9. The smallest absolute Gasteiger partial charge is 0.0319 e. The summed E-state index contributed by atoms with van der Waals surface area (Å²) in [6, 6.07) is 0.470. The van der Waals surface area contributed by atoms with Crippen LogP contribution in [-0.2, 0) is 0 Å². The third-order valence-corrected chi connectivity index (χ3v) is 11.5. The SMILES string of the molecule is C/C(=C\CC(CNC1=CC2C=CCCC2CC1)C1=CC(C2C=CCN2)CC=C1)C1C=CC(C2C=CC=CC2)=C2C=CCCC21. The Morgan fingerprint density at radius 3 is 2.73 bits per heavy atom. The van der Waals surface area contributed by atoms with E-state index in [0.717, 1.165) is 38.3 Å². The van der Waals surface area contributed by atoms with E-state index in [1.165, 1.54) is 49.8 Å². The fourth-order valence-electron chi connectivity index (χ4n) is 8.84. The van der Waals surface area contributed by atoms with Crippen LogP contribution in [0.25, 0.3) is 0 Å². The third kappa shape index (κ3) is 6.62. The fourth-order valence-corrected chi connectivity index (χ4v) is 8.84. The fraction of sp³-hybridized carbons (Fsp3) is 0.476. The number of rotatable bonds is 9. The Kier molecular flexibility index (Phi) is 9.35. The minimum Gasteiger partial charge on any atom is -0.388 e. The predicted octanol–water partition coefficient (Wildman–Crippen LogP) is 9.40. The Labute approximate surface area is 266 Å². The van der Waals surface area contributed by atoms with Crippen molar-refractivity contribution in [3.05, 3.63) is 131 Å². The molecule has 2 heteroatoms. The van der Waals surface area contributed by atoms with Crippen molar-refractivity contribution in [1.29, 1.82) is 0 Å². The van der Waals surface area contributed by atoms with E-state index in [2.05, 4.69) is 121 Å². The number of nitrogens with one attached hydrogen (secondary N) is 2. The zero-order chi connectivity index (χ0) is 29.7. The van der Waals surface area contributed by atoms with Gasteiger partial charge in [-0.3, -0.25) is 0 Å². The van der Waals surface area contributed by atoms with Crippen molar-refractivity contribution in [2.45, 2.75) is 70.8 Å². The lowest BCUT2D eigenvalue weighted by molar-refractivity contribution is 0.353. The average Bonchev–Trinajstić information content (AvgIpc) is 3.64. The van der Waals surface area contributed by atoms with Crippen LogP contribution in [0.5, 0.6) is 0 Å². The van der Waals surface area contributed by atoms with Crippen LogP contribution in [0.4, 0.5) is 0 Å². The number of fused-ring (bicyclic) bond motifs is 2. The molecule has 2 nitrogen and oxygen atoms in total. The molecule has 8 unspecified atom stereocenters. The first-order valence-electron chi connectivity index (χ1n) is 17.7. The maximum absolute atomic E-state index is 3.98. The van der Waals surface area contributed by atoms with Gasteiger partial charge < -0.3 is 10.6 Å². The van der Waals surface area contributed by atoms with E-state index in [-0.39, 0.29) is 0 Å². The molecule has 7 aliphatic rings. The van der Waals surface area contributed by atoms with E-state index in [4.69, 9.17) is 0 Å². The van der Waals surface area contributed by atoms with Crippen LogP contribution in [0.15, 0.2) is 131 Å². The Morgan fingerprint density at radius 2 is 1.84 bits per heavy atom. The van der Waals surface area contributed by atoms with Crippen molar-refractivity contribution in [1.82, 2.24) is 10.6 Å². The maximum atomic E-state index is 3.98. The zero-order valence-electron chi connectivity index (χ0n) is 26.7. The molecule has 1 aliphatic heterocycles. The summed E-state index contributed by atoms with van der Waals surface area (Å²) in [4.78, 5) is 0. The molecule has 44 heavy (non-hydrogen) atoms. The first-order valence-corrected chi connectivity index (χ1v) is 17.7. The zero-order valence-corrected chi connectivity index (χ0v) is 26.7. The molecule has 0 saturated carbocycles. The minimum atomic E-state index is 0.470. The topological polar surface area (TPSA) is 24.1 Å². The number of allylic oxidation sites excluding steroid dienone is 18. The highest BCUT2D eigenvalue weighted by atomic mass is 14.9. The summed E-state index contributed by atoms with van der Waals surface area (Å²) in [5.41, 5.74) is 7.68. The van der Waals surface area contributed by atoms with Gasteiger partial charge in [-0.05, 0) is 105 Å². The summed E-state index contributed by atoms with van der Waals surface area (Å²) in [5.74, 6) is 4.14. The first-order chi connectivity index (χ1) is 21.7. The first kappa shape index (κ1) is 29.6. The van der Waals surface area contributed by atoms with E-state index < -0.39 is 0 Å². The van der Waals surface area contributed by atoms with Crippen molar-refractivity contribution < 1.29 is 0 Å². The van der Waals surface area contributed by atoms with Crippen molar-refractivity contribution >= 4 is 0 Å². The maximum Gasteiger partial charge on any atom is 0.0319 e. The lowest BCUT2D eigenvalue weighted by atomic mass is 9.69. The number of hydrogen-bond acceptors (Lipinski definition) is 2. The van der Waals surface area contributed by atoms with E-state index in [1.54, 1.807) is 16.7 Å². The number of hydrogen-bond donors (Lipinski definition) is 2. The average molecular weight is 585 g/mol. The van der Waals surface area contributed by atoms with Gasteiger partial charge in [0.1, 0.15) is 0 Å². The molecule has 0 bridgehead atoms. The molecule has 8 atom stereocenters. The van der Waals surface area contributed by atoms with Crippen LogP contribution in [0, 0.1) is 41.4 Å². The van der Waals surface area contributed by atoms with Gasteiger partial charge in [0.25, 0.3) is 0 Å². The van der Waals surface area contributed by atoms with Gasteiger partial charge in [0.05, 0.1) is 0 Å². The van der Waals surface area contributed by atoms with Gasteiger partial charge in [-0.2, -0.15) is 0 Å². The highest BCUT2D eigenvalue weighted by Crippen LogP contribution is 2.44. The molecule has 0 aromatic carbocycles. The molecule has 0 saturated heterocycles. The van der Waals surface area contributed by atoms with Gasteiger partial charge in [-0.25, -0.2) is 0 Å². The van der Waals surface area contributed by atoms with Crippen LogP contribution in [0.2, 0.25) is 0 Å². The second kappa shape index (κ2) is 13.9. The quantitative estimate of drug-likeness (QED) is 0.264. The summed E-state index contributed by atoms with van der Waals surface area (Å²) >= 11 is 0. The molecule has 1 heterocycles. The Balaban J connectivity index is 1.09. The molecular formula is C42H52N2. The van der Waals surface area contributed by atoms with Crippen LogP contribution in [-0.4, -0.2) is 19.1 Å². The second-order valence-electron chi connectivity index (χ2n) is 14.2. The van der Waals surface area contributed by atoms with Gasteiger partial charge in [-0.15, -0.1) is 0 Å². The molecule has 7 rings (SSSR count). The molecule has 0 aromatic heterocycles. The Morgan fingerprint density at radius 1 is 0.886 bits per heavy atom. The van der Waals surface area contributed by atoms with Gasteiger partial charge in [0, 0.05) is 42.6 Å². The Hall–Kier alpha value is -3.10. The highest BCUT2D eigenvalue weighted by molar-refractivity contribution is 5.46. The lowest BCUT2D eigenvalue weighted by Gasteiger charge is -2.36. The summed E-state index contributed by atoms with van der Waals surface area (Å²) in [6.45, 7) is 4.42. The van der Waals surface area contributed by atoms with E-state index in [1.807, 2.05) is 0 Å². The van der Waals surface area contributed by atoms with Gasteiger partial charge in [0.2, 0.25) is 0 Å². The van der Waals surface area contributed by atoms with Crippen molar-refractivity contribution in [3.63, 3.8) is 0 Å². The second-order valence-corrected chi connectivity index (χ2v) is 14.2. The molecule has 6 aliphatic carbocycles. The summed E-state index contributed by atoms with van der Waals surface area (Å²) in [5, 5.41) is 7.66. The molecular weight excluding hydrogens is 532 g/mol. The van der Waals surface area contributed by atoms with Crippen LogP contribution in [0.3, 0.4) is 0 Å². The summed E-state index contributed by atoms with van der Waals surface area (Å²) in [6.07, 6.45) is 52.1. The van der Waals surface area contributed by atoms with E-state index in [9.17, 15) is 0 Å². The van der Waals surface area contributed by atoms with Crippen molar-refractivity contribution in [3.8, 4) is 0 Å². The van der Waals surface area contributed by atoms with Gasteiger partial charge in [0.15, 0.2) is 0 Å². The van der Waals surface area contributed by atoms with Gasteiger partial charge in [-0.1, -0.05) is 109 Å². The molecule has 2 N–H and O–H groups in total. The van der Waals surface area contributed by atoms with E-state index in [0.29, 0.717) is 41.5 Å². The Bertz CT molecular complexity index is 1400. The molecule has 0 spiro atoms. The van der Waals surface area contributed by atoms with Crippen molar-refractivity contribution in [2.24, 2.45) is 41.4 Å². The largest absolute Gasteiger partial charge is 0.388 e. The third-order valence-electron chi connectivity index (χ3n) is 11.5. The molecule has 0 radical (unpaired) electrons. The lowest BCUT2D eigenvalue weighted by Crippen LogP contribution is -2.32. The van der Waals surface area contributed by atoms with Gasteiger partial charge >= 0.3 is 0 Å². The monoisotopic (exact) mass is 584 g/mol. The standard InChI is InChI=1S/C42H52N2/c1-30(38-24-25-39(32-12-3-2-4-13-32)41-18-8-7-17-40(38)41)20-21-36(33-15-9-16-35(27-33)42-19-10-26-43-42)29-44-37-23-22-31-11-5-6-14-34(31)28-37/h2-4,6,8-10,12,14-15,18-20,24-25,27-28,31-32,34-36,38,40,42-44H,5,7,11,13,16-17,21-23,26,29H2,1H3/b30-20+. The van der Waals surface area contributed by atoms with Crippen molar-refractivity contribution in [2.75, 3.05) is 13.1 Å². The van der Waals surface area contributed by atoms with E-state index >= 15 is 0 Å².